The number of hydrogen-bond acceptors (Lipinski definition) is 3. The minimum Gasteiger partial charge on any atom is -0.351 e. The van der Waals surface area contributed by atoms with E-state index in [2.05, 4.69) is 17.3 Å². The van der Waals surface area contributed by atoms with Crippen LogP contribution in [0.25, 0.3) is 0 Å². The minimum absolute atomic E-state index is 0.0892. The lowest BCUT2D eigenvalue weighted by Crippen LogP contribution is -2.53. The quantitative estimate of drug-likeness (QED) is 0.827. The zero-order chi connectivity index (χ0) is 13.3. The third-order valence-corrected chi connectivity index (χ3v) is 3.91. The SMILES string of the molecule is Cc1nn(C)cc1CNC(=O)C1(CN)CC(C)C1. The van der Waals surface area contributed by atoms with E-state index in [-0.39, 0.29) is 11.3 Å². The van der Waals surface area contributed by atoms with E-state index < -0.39 is 0 Å². The number of rotatable bonds is 4. The normalized spacial score (nSPS) is 26.8. The van der Waals surface area contributed by atoms with Crippen molar-refractivity contribution >= 4 is 5.91 Å². The van der Waals surface area contributed by atoms with Crippen LogP contribution in [0.1, 0.15) is 31.0 Å². The molecule has 0 spiro atoms. The highest BCUT2D eigenvalue weighted by atomic mass is 16.2. The van der Waals surface area contributed by atoms with Crippen LogP contribution in [0.2, 0.25) is 0 Å². The van der Waals surface area contributed by atoms with Crippen LogP contribution < -0.4 is 11.1 Å². The number of aryl methyl sites for hydroxylation is 2. The van der Waals surface area contributed by atoms with Crippen LogP contribution in [0.15, 0.2) is 6.20 Å². The predicted octanol–water partition coefficient (Wildman–Crippen LogP) is 0.720. The van der Waals surface area contributed by atoms with Gasteiger partial charge in [0.25, 0.3) is 0 Å². The van der Waals surface area contributed by atoms with Gasteiger partial charge in [-0.3, -0.25) is 9.48 Å². The Labute approximate surface area is 108 Å². The molecule has 1 amide bonds. The van der Waals surface area contributed by atoms with Gasteiger partial charge in [0.15, 0.2) is 0 Å². The van der Waals surface area contributed by atoms with Gasteiger partial charge in [-0.1, -0.05) is 6.92 Å². The van der Waals surface area contributed by atoms with Crippen molar-refractivity contribution in [3.63, 3.8) is 0 Å². The maximum atomic E-state index is 12.2. The lowest BCUT2D eigenvalue weighted by atomic mass is 9.62. The van der Waals surface area contributed by atoms with Crippen molar-refractivity contribution < 1.29 is 4.79 Å². The van der Waals surface area contributed by atoms with Crippen molar-refractivity contribution in [3.8, 4) is 0 Å². The molecule has 0 radical (unpaired) electrons. The van der Waals surface area contributed by atoms with Crippen LogP contribution in [0, 0.1) is 18.3 Å². The van der Waals surface area contributed by atoms with Crippen molar-refractivity contribution in [2.45, 2.75) is 33.2 Å². The number of nitrogens with two attached hydrogens (primary N) is 1. The first-order valence-corrected chi connectivity index (χ1v) is 6.44. The molecule has 0 bridgehead atoms. The monoisotopic (exact) mass is 250 g/mol. The van der Waals surface area contributed by atoms with E-state index >= 15 is 0 Å². The number of carbonyl (C=O) groups is 1. The molecule has 100 valence electrons. The van der Waals surface area contributed by atoms with Crippen LogP contribution in [-0.4, -0.2) is 22.2 Å². The fourth-order valence-electron chi connectivity index (χ4n) is 2.90. The van der Waals surface area contributed by atoms with Gasteiger partial charge in [0.05, 0.1) is 11.1 Å². The van der Waals surface area contributed by atoms with Crippen LogP contribution in [0.3, 0.4) is 0 Å². The molecular formula is C13H22N4O. The van der Waals surface area contributed by atoms with Crippen molar-refractivity contribution in [2.24, 2.45) is 24.1 Å². The van der Waals surface area contributed by atoms with Crippen LogP contribution in [-0.2, 0) is 18.4 Å². The van der Waals surface area contributed by atoms with E-state index in [1.165, 1.54) is 0 Å². The van der Waals surface area contributed by atoms with Crippen molar-refractivity contribution in [1.29, 1.82) is 0 Å². The van der Waals surface area contributed by atoms with Crippen LogP contribution >= 0.6 is 0 Å². The fraction of sp³-hybridized carbons (Fsp3) is 0.692. The number of amides is 1. The molecule has 0 atom stereocenters. The predicted molar refractivity (Wildman–Crippen MR) is 69.7 cm³/mol. The van der Waals surface area contributed by atoms with Crippen LogP contribution in [0.4, 0.5) is 0 Å². The van der Waals surface area contributed by atoms with Gasteiger partial charge in [0, 0.05) is 31.9 Å². The van der Waals surface area contributed by atoms with E-state index in [4.69, 9.17) is 5.73 Å². The van der Waals surface area contributed by atoms with E-state index in [0.717, 1.165) is 24.1 Å². The van der Waals surface area contributed by atoms with Gasteiger partial charge in [-0.15, -0.1) is 0 Å². The first-order chi connectivity index (χ1) is 8.47. The number of aromatic nitrogens is 2. The van der Waals surface area contributed by atoms with E-state index in [1.54, 1.807) is 4.68 Å². The standard InChI is InChI=1S/C13H22N4O/c1-9-4-13(5-9,8-14)12(18)15-6-11-7-17(3)16-10(11)2/h7,9H,4-6,8,14H2,1-3H3,(H,15,18). The topological polar surface area (TPSA) is 72.9 Å². The Morgan fingerprint density at radius 2 is 2.33 bits per heavy atom. The number of carbonyl (C=O) groups excluding carboxylic acids is 1. The molecule has 3 N–H and O–H groups in total. The average molecular weight is 250 g/mol. The molecule has 1 saturated carbocycles. The Kier molecular flexibility index (Phi) is 3.43. The molecule has 1 fully saturated rings. The van der Waals surface area contributed by atoms with Gasteiger partial charge in [-0.25, -0.2) is 0 Å². The first-order valence-electron chi connectivity index (χ1n) is 6.44. The lowest BCUT2D eigenvalue weighted by molar-refractivity contribution is -0.138. The number of nitrogens with zero attached hydrogens (tertiary/aromatic N) is 2. The largest absolute Gasteiger partial charge is 0.351 e. The Morgan fingerprint density at radius 1 is 1.67 bits per heavy atom. The fourth-order valence-corrected chi connectivity index (χ4v) is 2.90. The van der Waals surface area contributed by atoms with Crippen molar-refractivity contribution in [2.75, 3.05) is 6.54 Å². The van der Waals surface area contributed by atoms with Crippen molar-refractivity contribution in [1.82, 2.24) is 15.1 Å². The second-order valence-corrected chi connectivity index (χ2v) is 5.59. The van der Waals surface area contributed by atoms with Gasteiger partial charge >= 0.3 is 0 Å². The Bertz CT molecular complexity index is 446. The van der Waals surface area contributed by atoms with Gasteiger partial charge in [-0.05, 0) is 25.7 Å². The summed E-state index contributed by atoms with van der Waals surface area (Å²) in [6.45, 7) is 5.09. The van der Waals surface area contributed by atoms with E-state index in [0.29, 0.717) is 19.0 Å². The third-order valence-electron chi connectivity index (χ3n) is 3.91. The van der Waals surface area contributed by atoms with E-state index in [1.807, 2.05) is 20.2 Å². The molecule has 1 heterocycles. The van der Waals surface area contributed by atoms with Crippen LogP contribution in [0.5, 0.6) is 0 Å². The molecule has 18 heavy (non-hydrogen) atoms. The summed E-state index contributed by atoms with van der Waals surface area (Å²) in [6.07, 6.45) is 3.75. The van der Waals surface area contributed by atoms with E-state index in [9.17, 15) is 4.79 Å². The summed E-state index contributed by atoms with van der Waals surface area (Å²) in [5.74, 6) is 0.700. The molecule has 5 heteroatoms. The third kappa shape index (κ3) is 2.27. The molecule has 2 rings (SSSR count). The summed E-state index contributed by atoms with van der Waals surface area (Å²) in [5.41, 5.74) is 7.45. The molecule has 0 aliphatic heterocycles. The van der Waals surface area contributed by atoms with Gasteiger partial charge in [0.2, 0.25) is 5.91 Å². The Morgan fingerprint density at radius 3 is 2.78 bits per heavy atom. The maximum absolute atomic E-state index is 12.2. The zero-order valence-corrected chi connectivity index (χ0v) is 11.4. The highest BCUT2D eigenvalue weighted by molar-refractivity contribution is 5.83. The molecule has 0 saturated heterocycles. The highest BCUT2D eigenvalue weighted by Gasteiger charge is 2.46. The highest BCUT2D eigenvalue weighted by Crippen LogP contribution is 2.44. The maximum Gasteiger partial charge on any atom is 0.227 e. The molecular weight excluding hydrogens is 228 g/mol. The summed E-state index contributed by atoms with van der Waals surface area (Å²) in [7, 11) is 1.88. The number of hydrogen-bond donors (Lipinski definition) is 2. The minimum atomic E-state index is -0.324. The Hall–Kier alpha value is -1.36. The lowest BCUT2D eigenvalue weighted by Gasteiger charge is -2.44. The molecule has 0 aromatic carbocycles. The summed E-state index contributed by atoms with van der Waals surface area (Å²) in [6, 6.07) is 0. The molecule has 1 aromatic heterocycles. The van der Waals surface area contributed by atoms with Crippen molar-refractivity contribution in [3.05, 3.63) is 17.5 Å². The summed E-state index contributed by atoms with van der Waals surface area (Å²) in [5, 5.41) is 7.25. The average Bonchev–Trinajstić information content (AvgIpc) is 2.60. The number of nitrogens with one attached hydrogen (secondary N) is 1. The second-order valence-electron chi connectivity index (χ2n) is 5.59. The molecule has 5 nitrogen and oxygen atoms in total. The smallest absolute Gasteiger partial charge is 0.227 e. The summed E-state index contributed by atoms with van der Waals surface area (Å²) in [4.78, 5) is 12.2. The molecule has 0 unspecified atom stereocenters. The summed E-state index contributed by atoms with van der Waals surface area (Å²) < 4.78 is 1.76. The molecule has 1 aliphatic carbocycles. The zero-order valence-electron chi connectivity index (χ0n) is 11.4. The van der Waals surface area contributed by atoms with Gasteiger partial charge in [0.1, 0.15) is 0 Å². The summed E-state index contributed by atoms with van der Waals surface area (Å²) >= 11 is 0. The molecule has 1 aromatic rings. The second kappa shape index (κ2) is 4.72. The van der Waals surface area contributed by atoms with Gasteiger partial charge < -0.3 is 11.1 Å². The molecule has 1 aliphatic rings. The van der Waals surface area contributed by atoms with Gasteiger partial charge in [-0.2, -0.15) is 5.10 Å². The Balaban J connectivity index is 1.94. The first kappa shape index (κ1) is 13.1.